The predicted molar refractivity (Wildman–Crippen MR) is 109 cm³/mol. The molecule has 0 unspecified atom stereocenters. The highest BCUT2D eigenvalue weighted by Crippen LogP contribution is 2.35. The van der Waals surface area contributed by atoms with Crippen molar-refractivity contribution < 1.29 is 32.3 Å². The molecule has 0 fully saturated rings. The van der Waals surface area contributed by atoms with Crippen molar-refractivity contribution in [1.82, 2.24) is 15.0 Å². The lowest BCUT2D eigenvalue weighted by Crippen LogP contribution is -2.31. The molecule has 0 bridgehead atoms. The largest absolute Gasteiger partial charge is 0.573 e. The van der Waals surface area contributed by atoms with Gasteiger partial charge in [0.25, 0.3) is 0 Å². The minimum absolute atomic E-state index is 0.00345. The average molecular weight is 488 g/mol. The number of hydrogen-bond acceptors (Lipinski definition) is 6. The Balaban J connectivity index is 1.82. The van der Waals surface area contributed by atoms with Crippen molar-refractivity contribution in [3.05, 3.63) is 70.6 Å². The number of phenols is 1. The smallest absolute Gasteiger partial charge is 0.505 e. The number of aromatic nitrogens is 2. The zero-order chi connectivity index (χ0) is 23.5. The molecule has 1 aromatic heterocycles. The second-order valence-electron chi connectivity index (χ2n) is 6.38. The zero-order valence-corrected chi connectivity index (χ0v) is 17.6. The highest BCUT2D eigenvalue weighted by Gasteiger charge is 2.31. The van der Waals surface area contributed by atoms with Crippen molar-refractivity contribution in [1.29, 1.82) is 0 Å². The Labute approximate surface area is 189 Å². The van der Waals surface area contributed by atoms with Gasteiger partial charge in [0.1, 0.15) is 5.75 Å². The lowest BCUT2D eigenvalue weighted by Gasteiger charge is -2.19. The van der Waals surface area contributed by atoms with Crippen molar-refractivity contribution in [2.75, 3.05) is 6.54 Å². The molecule has 1 amide bonds. The van der Waals surface area contributed by atoms with E-state index in [1.807, 2.05) is 0 Å². The summed E-state index contributed by atoms with van der Waals surface area (Å²) in [7, 11) is 0. The number of carbonyl (C=O) groups excluding carboxylic acids is 1. The molecule has 1 N–H and O–H groups in total. The van der Waals surface area contributed by atoms with Crippen LogP contribution in [0.2, 0.25) is 10.0 Å². The van der Waals surface area contributed by atoms with E-state index in [4.69, 9.17) is 27.7 Å². The highest BCUT2D eigenvalue weighted by atomic mass is 35.5. The summed E-state index contributed by atoms with van der Waals surface area (Å²) in [6.45, 7) is 3.56. The first-order chi connectivity index (χ1) is 15.1. The van der Waals surface area contributed by atoms with Crippen LogP contribution in [0.15, 0.2) is 53.6 Å². The van der Waals surface area contributed by atoms with Crippen LogP contribution in [0.5, 0.6) is 11.5 Å². The van der Waals surface area contributed by atoms with Crippen molar-refractivity contribution in [2.24, 2.45) is 0 Å². The van der Waals surface area contributed by atoms with E-state index in [0.29, 0.717) is 11.1 Å². The van der Waals surface area contributed by atoms with Crippen molar-refractivity contribution in [3.8, 4) is 22.9 Å². The summed E-state index contributed by atoms with van der Waals surface area (Å²) in [6, 6.07) is 7.90. The number of hydrogen-bond donors (Lipinski definition) is 1. The second kappa shape index (κ2) is 9.49. The fourth-order valence-corrected chi connectivity index (χ4v) is 3.18. The van der Waals surface area contributed by atoms with Gasteiger partial charge in [0.15, 0.2) is 5.75 Å². The number of halogens is 5. The Hall–Kier alpha value is -3.24. The van der Waals surface area contributed by atoms with Crippen molar-refractivity contribution >= 4 is 29.1 Å². The van der Waals surface area contributed by atoms with E-state index in [1.54, 1.807) is 0 Å². The Kier molecular flexibility index (Phi) is 6.95. The van der Waals surface area contributed by atoms with Gasteiger partial charge in [0.05, 0.1) is 10.0 Å². The van der Waals surface area contributed by atoms with Crippen LogP contribution in [0, 0.1) is 0 Å². The number of rotatable bonds is 7. The van der Waals surface area contributed by atoms with Gasteiger partial charge in [-0.05, 0) is 29.8 Å². The molecule has 0 aliphatic heterocycles. The van der Waals surface area contributed by atoms with Gasteiger partial charge in [-0.2, -0.15) is 4.98 Å². The van der Waals surface area contributed by atoms with E-state index in [1.165, 1.54) is 35.2 Å². The first-order valence-electron chi connectivity index (χ1n) is 8.84. The third-order valence-corrected chi connectivity index (χ3v) is 4.60. The number of carbonyl (C=O) groups is 1. The Morgan fingerprint density at radius 2 is 1.94 bits per heavy atom. The average Bonchev–Trinajstić information content (AvgIpc) is 3.20. The number of benzene rings is 2. The minimum atomic E-state index is -4.84. The summed E-state index contributed by atoms with van der Waals surface area (Å²) < 4.78 is 46.3. The number of alkyl halides is 3. The van der Waals surface area contributed by atoms with Crippen LogP contribution >= 0.6 is 23.2 Å². The third kappa shape index (κ3) is 5.71. The standard InChI is InChI=1S/C20H14Cl2F3N3O4/c1-2-6-28(10-11-4-3-5-13(7-11)31-20(23,24)25)19(30)18-26-17(27-32-18)12-8-14(21)16(29)15(22)9-12/h2-5,7-9,29H,1,6,10H2. The molecule has 0 atom stereocenters. The maximum atomic E-state index is 12.9. The molecule has 0 spiro atoms. The lowest BCUT2D eigenvalue weighted by atomic mass is 10.2. The van der Waals surface area contributed by atoms with E-state index < -0.39 is 18.0 Å². The molecule has 7 nitrogen and oxygen atoms in total. The highest BCUT2D eigenvalue weighted by molar-refractivity contribution is 6.37. The van der Waals surface area contributed by atoms with E-state index >= 15 is 0 Å². The van der Waals surface area contributed by atoms with Crippen LogP contribution in [0.1, 0.15) is 16.2 Å². The summed E-state index contributed by atoms with van der Waals surface area (Å²) in [5, 5.41) is 13.3. The topological polar surface area (TPSA) is 88.7 Å². The minimum Gasteiger partial charge on any atom is -0.505 e. The Bertz CT molecular complexity index is 1130. The Morgan fingerprint density at radius 3 is 2.56 bits per heavy atom. The maximum absolute atomic E-state index is 12.9. The molecule has 0 saturated carbocycles. The summed E-state index contributed by atoms with van der Waals surface area (Å²) in [5.41, 5.74) is 0.673. The number of phenolic OH excluding ortho intramolecular Hbond substituents is 1. The summed E-state index contributed by atoms with van der Waals surface area (Å²) in [5.74, 6) is -1.78. The second-order valence-corrected chi connectivity index (χ2v) is 7.20. The first kappa shape index (κ1) is 23.4. The summed E-state index contributed by atoms with van der Waals surface area (Å²) in [4.78, 5) is 18.1. The van der Waals surface area contributed by atoms with Crippen molar-refractivity contribution in [2.45, 2.75) is 12.9 Å². The van der Waals surface area contributed by atoms with Crippen LogP contribution in [0.25, 0.3) is 11.4 Å². The molecule has 1 heterocycles. The van der Waals surface area contributed by atoms with Gasteiger partial charge in [-0.15, -0.1) is 19.8 Å². The quantitative estimate of drug-likeness (QED) is 0.444. The first-order valence-corrected chi connectivity index (χ1v) is 9.60. The molecule has 0 aliphatic carbocycles. The molecule has 2 aromatic carbocycles. The van der Waals surface area contributed by atoms with E-state index in [0.717, 1.165) is 12.1 Å². The van der Waals surface area contributed by atoms with Crippen LogP contribution in [0.4, 0.5) is 13.2 Å². The third-order valence-electron chi connectivity index (χ3n) is 4.03. The molecule has 12 heteroatoms. The summed E-state index contributed by atoms with van der Waals surface area (Å²) >= 11 is 11.8. The fraction of sp³-hybridized carbons (Fsp3) is 0.150. The maximum Gasteiger partial charge on any atom is 0.573 e. The van der Waals surface area contributed by atoms with Gasteiger partial charge in [-0.1, -0.05) is 46.6 Å². The van der Waals surface area contributed by atoms with Crippen LogP contribution in [0.3, 0.4) is 0 Å². The van der Waals surface area contributed by atoms with Crippen LogP contribution < -0.4 is 4.74 Å². The number of ether oxygens (including phenoxy) is 1. The van der Waals surface area contributed by atoms with Gasteiger partial charge in [0.2, 0.25) is 5.82 Å². The van der Waals surface area contributed by atoms with E-state index in [2.05, 4.69) is 21.5 Å². The summed E-state index contributed by atoms with van der Waals surface area (Å²) in [6.07, 6.45) is -3.40. The molecular formula is C20H14Cl2F3N3O4. The van der Waals surface area contributed by atoms with Crippen LogP contribution in [-0.4, -0.2) is 39.0 Å². The monoisotopic (exact) mass is 487 g/mol. The predicted octanol–water partition coefficient (Wildman–Crippen LogP) is 5.48. The van der Waals surface area contributed by atoms with Gasteiger partial charge >= 0.3 is 18.2 Å². The number of nitrogens with zero attached hydrogens (tertiary/aromatic N) is 3. The number of aromatic hydroxyl groups is 1. The molecule has 0 radical (unpaired) electrons. The van der Waals surface area contributed by atoms with Crippen LogP contribution in [-0.2, 0) is 6.54 Å². The van der Waals surface area contributed by atoms with Gasteiger partial charge in [0, 0.05) is 18.7 Å². The Morgan fingerprint density at radius 1 is 1.25 bits per heavy atom. The van der Waals surface area contributed by atoms with Gasteiger partial charge in [-0.25, -0.2) is 0 Å². The number of amides is 1. The fourth-order valence-electron chi connectivity index (χ4n) is 2.69. The van der Waals surface area contributed by atoms with Gasteiger partial charge < -0.3 is 19.3 Å². The molecule has 32 heavy (non-hydrogen) atoms. The van der Waals surface area contributed by atoms with Crippen molar-refractivity contribution in [3.63, 3.8) is 0 Å². The van der Waals surface area contributed by atoms with E-state index in [9.17, 15) is 23.1 Å². The molecule has 0 saturated heterocycles. The molecular weight excluding hydrogens is 474 g/mol. The molecule has 3 rings (SSSR count). The lowest BCUT2D eigenvalue weighted by molar-refractivity contribution is -0.274. The molecule has 3 aromatic rings. The molecule has 168 valence electrons. The molecule has 0 aliphatic rings. The van der Waals surface area contributed by atoms with Gasteiger partial charge in [-0.3, -0.25) is 4.79 Å². The zero-order valence-electron chi connectivity index (χ0n) is 16.1. The SMILES string of the molecule is C=CCN(Cc1cccc(OC(F)(F)F)c1)C(=O)c1nc(-c2cc(Cl)c(O)c(Cl)c2)no1. The normalized spacial score (nSPS) is 11.3. The van der Waals surface area contributed by atoms with E-state index in [-0.39, 0.29) is 40.6 Å².